The predicted octanol–water partition coefficient (Wildman–Crippen LogP) is -1.10. The van der Waals surface area contributed by atoms with Crippen molar-refractivity contribution in [1.29, 1.82) is 0 Å². The van der Waals surface area contributed by atoms with Crippen LogP contribution in [-0.2, 0) is 14.6 Å². The van der Waals surface area contributed by atoms with Crippen molar-refractivity contribution >= 4 is 15.7 Å². The summed E-state index contributed by atoms with van der Waals surface area (Å²) in [5, 5.41) is 3.74. The van der Waals surface area contributed by atoms with E-state index >= 15 is 0 Å². The highest BCUT2D eigenvalue weighted by Gasteiger charge is 2.46. The van der Waals surface area contributed by atoms with Crippen molar-refractivity contribution in [1.82, 2.24) is 5.32 Å². The fourth-order valence-electron chi connectivity index (χ4n) is 1.34. The Labute approximate surface area is 82.3 Å². The smallest absolute Gasteiger partial charge is 0.240 e. The molecule has 1 atom stereocenters. The Kier molecular flexibility index (Phi) is 1.94. The molecule has 0 aromatic rings. The lowest BCUT2D eigenvalue weighted by atomic mass is 10.2. The standard InChI is InChI=1S/C8H12N2O3S/c9-8(2-3-8)7(11)10-6-1-4-14(12,13)5-6/h1,4,6H,2-3,5,9H2,(H,10,11). The van der Waals surface area contributed by atoms with Gasteiger partial charge in [0.2, 0.25) is 5.91 Å². The summed E-state index contributed by atoms with van der Waals surface area (Å²) in [6.45, 7) is 0. The van der Waals surface area contributed by atoms with Crippen LogP contribution in [-0.4, -0.2) is 31.7 Å². The highest BCUT2D eigenvalue weighted by Crippen LogP contribution is 2.32. The Morgan fingerprint density at radius 3 is 2.57 bits per heavy atom. The monoisotopic (exact) mass is 216 g/mol. The Morgan fingerprint density at radius 2 is 2.14 bits per heavy atom. The van der Waals surface area contributed by atoms with E-state index in [0.717, 1.165) is 5.41 Å². The van der Waals surface area contributed by atoms with Crippen LogP contribution < -0.4 is 11.1 Å². The van der Waals surface area contributed by atoms with Gasteiger partial charge in [-0.2, -0.15) is 0 Å². The molecular weight excluding hydrogens is 204 g/mol. The Balaban J connectivity index is 1.95. The minimum Gasteiger partial charge on any atom is -0.347 e. The summed E-state index contributed by atoms with van der Waals surface area (Å²) in [7, 11) is -3.10. The van der Waals surface area contributed by atoms with E-state index in [2.05, 4.69) is 5.32 Å². The molecule has 6 heteroatoms. The number of nitrogens with one attached hydrogen (secondary N) is 1. The van der Waals surface area contributed by atoms with Gasteiger partial charge in [-0.1, -0.05) is 0 Å². The van der Waals surface area contributed by atoms with Gasteiger partial charge in [0.15, 0.2) is 9.84 Å². The number of hydrogen-bond donors (Lipinski definition) is 2. The predicted molar refractivity (Wildman–Crippen MR) is 51.0 cm³/mol. The summed E-state index contributed by atoms with van der Waals surface area (Å²) in [6, 6.07) is -0.409. The van der Waals surface area contributed by atoms with E-state index in [-0.39, 0.29) is 11.7 Å². The maximum atomic E-state index is 11.4. The highest BCUT2D eigenvalue weighted by molar-refractivity contribution is 7.94. The first-order valence-corrected chi connectivity index (χ1v) is 6.14. The van der Waals surface area contributed by atoms with Gasteiger partial charge in [-0.15, -0.1) is 0 Å². The minimum atomic E-state index is -3.10. The van der Waals surface area contributed by atoms with Crippen molar-refractivity contribution in [3.63, 3.8) is 0 Å². The van der Waals surface area contributed by atoms with E-state index in [4.69, 9.17) is 5.73 Å². The first-order valence-electron chi connectivity index (χ1n) is 4.42. The maximum absolute atomic E-state index is 11.4. The molecule has 0 saturated heterocycles. The zero-order valence-corrected chi connectivity index (χ0v) is 8.38. The molecule has 0 spiro atoms. The number of rotatable bonds is 2. The average molecular weight is 216 g/mol. The largest absolute Gasteiger partial charge is 0.347 e. The summed E-state index contributed by atoms with van der Waals surface area (Å²) >= 11 is 0. The fraction of sp³-hybridized carbons (Fsp3) is 0.625. The molecule has 1 saturated carbocycles. The molecule has 78 valence electrons. The van der Waals surface area contributed by atoms with Gasteiger partial charge >= 0.3 is 0 Å². The van der Waals surface area contributed by atoms with E-state index in [9.17, 15) is 13.2 Å². The van der Waals surface area contributed by atoms with Gasteiger partial charge < -0.3 is 11.1 Å². The van der Waals surface area contributed by atoms with Gasteiger partial charge in [0.1, 0.15) is 0 Å². The molecule has 1 amide bonds. The van der Waals surface area contributed by atoms with Crippen molar-refractivity contribution in [3.8, 4) is 0 Å². The van der Waals surface area contributed by atoms with Gasteiger partial charge in [0, 0.05) is 5.41 Å². The van der Waals surface area contributed by atoms with Crippen LogP contribution in [0.3, 0.4) is 0 Å². The lowest BCUT2D eigenvalue weighted by Gasteiger charge is -2.13. The summed E-state index contributed by atoms with van der Waals surface area (Å²) in [5.41, 5.74) is 4.91. The number of nitrogens with two attached hydrogens (primary N) is 1. The van der Waals surface area contributed by atoms with Gasteiger partial charge in [-0.05, 0) is 18.9 Å². The van der Waals surface area contributed by atoms with Gasteiger partial charge in [-0.25, -0.2) is 8.42 Å². The van der Waals surface area contributed by atoms with Crippen LogP contribution in [0.25, 0.3) is 0 Å². The zero-order chi connectivity index (χ0) is 10.4. The number of carbonyl (C=O) groups excluding carboxylic acids is 1. The van der Waals surface area contributed by atoms with Gasteiger partial charge in [0.05, 0.1) is 17.3 Å². The van der Waals surface area contributed by atoms with E-state index in [0.29, 0.717) is 12.8 Å². The zero-order valence-electron chi connectivity index (χ0n) is 7.56. The summed E-state index contributed by atoms with van der Waals surface area (Å²) in [6.07, 6.45) is 2.85. The van der Waals surface area contributed by atoms with Gasteiger partial charge in [-0.3, -0.25) is 4.79 Å². The molecular formula is C8H12N2O3S. The van der Waals surface area contributed by atoms with E-state index < -0.39 is 21.4 Å². The van der Waals surface area contributed by atoms with Crippen LogP contribution >= 0.6 is 0 Å². The number of sulfone groups is 1. The molecule has 0 bridgehead atoms. The SMILES string of the molecule is NC1(C(=O)NC2C=CS(=O)(=O)C2)CC1. The Hall–Kier alpha value is -0.880. The second kappa shape index (κ2) is 2.80. The van der Waals surface area contributed by atoms with Crippen molar-refractivity contribution in [2.24, 2.45) is 5.73 Å². The Morgan fingerprint density at radius 1 is 1.50 bits per heavy atom. The second-order valence-corrected chi connectivity index (χ2v) is 5.83. The van der Waals surface area contributed by atoms with Crippen LogP contribution in [0.4, 0.5) is 0 Å². The Bertz CT molecular complexity index is 395. The molecule has 1 unspecified atom stereocenters. The normalized spacial score (nSPS) is 31.4. The summed E-state index contributed by atoms with van der Waals surface area (Å²) < 4.78 is 22.0. The number of amides is 1. The van der Waals surface area contributed by atoms with E-state index in [1.165, 1.54) is 6.08 Å². The maximum Gasteiger partial charge on any atom is 0.240 e. The minimum absolute atomic E-state index is 0.0468. The van der Waals surface area contributed by atoms with Crippen LogP contribution in [0.5, 0.6) is 0 Å². The first-order chi connectivity index (χ1) is 6.41. The molecule has 1 heterocycles. The molecule has 5 nitrogen and oxygen atoms in total. The van der Waals surface area contributed by atoms with Crippen molar-refractivity contribution < 1.29 is 13.2 Å². The molecule has 14 heavy (non-hydrogen) atoms. The average Bonchev–Trinajstić information content (AvgIpc) is 2.72. The third-order valence-corrected chi connectivity index (χ3v) is 3.88. The summed E-state index contributed by atoms with van der Waals surface area (Å²) in [4.78, 5) is 11.4. The van der Waals surface area contributed by atoms with Crippen LogP contribution in [0.2, 0.25) is 0 Å². The van der Waals surface area contributed by atoms with Crippen LogP contribution in [0.1, 0.15) is 12.8 Å². The molecule has 3 N–H and O–H groups in total. The number of carbonyl (C=O) groups is 1. The molecule has 1 fully saturated rings. The lowest BCUT2D eigenvalue weighted by Crippen LogP contribution is -2.47. The van der Waals surface area contributed by atoms with Crippen molar-refractivity contribution in [3.05, 3.63) is 11.5 Å². The molecule has 1 aliphatic heterocycles. The van der Waals surface area contributed by atoms with Crippen molar-refractivity contribution in [2.45, 2.75) is 24.4 Å². The summed E-state index contributed by atoms with van der Waals surface area (Å²) in [5.74, 6) is -0.293. The molecule has 2 rings (SSSR count). The third-order valence-electron chi connectivity index (χ3n) is 2.49. The number of hydrogen-bond acceptors (Lipinski definition) is 4. The first kappa shape index (κ1) is 9.67. The second-order valence-electron chi connectivity index (χ2n) is 3.89. The third kappa shape index (κ3) is 1.80. The topological polar surface area (TPSA) is 89.3 Å². The van der Waals surface area contributed by atoms with Crippen molar-refractivity contribution in [2.75, 3.05) is 5.75 Å². The van der Waals surface area contributed by atoms with E-state index in [1.807, 2.05) is 0 Å². The molecule has 0 aromatic heterocycles. The fourth-order valence-corrected chi connectivity index (χ4v) is 2.57. The molecule has 2 aliphatic rings. The van der Waals surface area contributed by atoms with E-state index in [1.54, 1.807) is 0 Å². The highest BCUT2D eigenvalue weighted by atomic mass is 32.2. The molecule has 1 aliphatic carbocycles. The van der Waals surface area contributed by atoms with Crippen LogP contribution in [0, 0.1) is 0 Å². The molecule has 0 aromatic carbocycles. The molecule has 0 radical (unpaired) electrons. The van der Waals surface area contributed by atoms with Crippen LogP contribution in [0.15, 0.2) is 11.5 Å². The lowest BCUT2D eigenvalue weighted by molar-refractivity contribution is -0.123. The van der Waals surface area contributed by atoms with Gasteiger partial charge in [0.25, 0.3) is 0 Å². The quantitative estimate of drug-likeness (QED) is 0.613.